The fraction of sp³-hybridized carbons (Fsp3) is 0.821. The van der Waals surface area contributed by atoms with E-state index in [0.717, 1.165) is 38.5 Å². The number of rotatable bonds is 42. The Bertz CT molecular complexity index is 1140. The van der Waals surface area contributed by atoms with E-state index in [4.69, 9.17) is 24.1 Å². The highest BCUT2D eigenvalue weighted by Gasteiger charge is 2.20. The van der Waals surface area contributed by atoms with E-state index in [0.29, 0.717) is 19.5 Å². The van der Waals surface area contributed by atoms with Crippen LogP contribution in [0.4, 0.5) is 0 Å². The van der Waals surface area contributed by atoms with Crippen LogP contribution in [0.25, 0.3) is 0 Å². The monoisotopic (exact) mass is 895 g/mol. The molecule has 0 saturated carbocycles. The molecule has 5 amide bonds. The zero-order valence-corrected chi connectivity index (χ0v) is 35.8. The maximum absolute atomic E-state index is 12.3. The Morgan fingerprint density at radius 2 is 0.828 bits per heavy atom. The van der Waals surface area contributed by atoms with Gasteiger partial charge in [-0.1, -0.05) is 93.0 Å². The Kier molecular flexibility index (Phi) is 38.0. The van der Waals surface area contributed by atoms with Gasteiger partial charge in [0.1, 0.15) is 19.3 Å². The molecule has 0 rings (SSSR count). The number of hydrogen-bond donors (Lipinski definition) is 7. The number of amides is 5. The predicted molar refractivity (Wildman–Crippen MR) is 219 cm³/mol. The average molecular weight is 897 g/mol. The molecule has 1 unspecified atom stereocenters. The first-order valence-electron chi connectivity index (χ1n) is 20.7. The van der Waals surface area contributed by atoms with Gasteiger partial charge in [0, 0.05) is 45.4 Å². The first kappa shape index (κ1) is 54.6. The van der Waals surface area contributed by atoms with Crippen LogP contribution in [0.2, 0.25) is 0 Å². The first-order valence-corrected chi connectivity index (χ1v) is 21.8. The number of carbonyl (C=O) groups is 7. The quantitative estimate of drug-likeness (QED) is 0.0344. The Labute approximate surface area is 351 Å². The molecule has 1 atom stereocenters. The molecule has 19 heteroatoms. The van der Waals surface area contributed by atoms with Gasteiger partial charge in [0.2, 0.25) is 29.5 Å². The molecular formula is C39H70BrN5O13. The van der Waals surface area contributed by atoms with Crippen LogP contribution >= 0.6 is 15.9 Å². The van der Waals surface area contributed by atoms with E-state index in [2.05, 4.69) is 42.5 Å². The molecule has 58 heavy (non-hydrogen) atoms. The molecule has 7 N–H and O–H groups in total. The number of unbranched alkanes of at least 4 members (excludes halogenated alkanes) is 13. The highest BCUT2D eigenvalue weighted by Crippen LogP contribution is 2.14. The zero-order chi connectivity index (χ0) is 42.9. The number of alkyl halides is 1. The molecule has 0 fully saturated rings. The van der Waals surface area contributed by atoms with Crippen LogP contribution < -0.4 is 26.6 Å². The van der Waals surface area contributed by atoms with E-state index in [1.165, 1.54) is 44.9 Å². The van der Waals surface area contributed by atoms with Crippen molar-refractivity contribution in [3.8, 4) is 0 Å². The topological polar surface area (TPSA) is 257 Å². The van der Waals surface area contributed by atoms with Crippen molar-refractivity contribution >= 4 is 57.4 Å². The van der Waals surface area contributed by atoms with Gasteiger partial charge in [-0.05, 0) is 19.3 Å². The SMILES string of the molecule is O=C(O)CCCCCCCCCCCCCCCCC(=O)NC(CCC(=O)NCCOCCOCC(=O)NCCOCCOCC(=O)NCCNC(=O)CBr)C(=O)O. The van der Waals surface area contributed by atoms with E-state index in [1.54, 1.807) is 0 Å². The third-order valence-electron chi connectivity index (χ3n) is 8.58. The molecule has 0 heterocycles. The normalized spacial score (nSPS) is 11.4. The Balaban J connectivity index is 3.65. The lowest BCUT2D eigenvalue weighted by Gasteiger charge is -2.14. The number of halogens is 1. The van der Waals surface area contributed by atoms with Crippen molar-refractivity contribution in [3.05, 3.63) is 0 Å². The smallest absolute Gasteiger partial charge is 0.326 e. The standard InChI is InChI=1S/C39H70BrN5O13/c40-29-35(48)41-19-20-42-36(49)30-57-27-26-56-24-22-44-37(50)31-58-28-25-55-23-21-43-33(46)18-17-32(39(53)54)45-34(47)15-13-11-9-7-5-3-1-2-4-6-8-10-12-14-16-38(51)52/h32H,1-31H2,(H,41,48)(H,42,49)(H,43,46)(H,44,50)(H,45,47)(H,51,52)(H,53,54). The molecule has 0 radical (unpaired) electrons. The van der Waals surface area contributed by atoms with E-state index >= 15 is 0 Å². The van der Waals surface area contributed by atoms with E-state index in [1.807, 2.05) is 0 Å². The van der Waals surface area contributed by atoms with Crippen LogP contribution in [0.3, 0.4) is 0 Å². The van der Waals surface area contributed by atoms with Gasteiger partial charge in [0.25, 0.3) is 0 Å². The maximum atomic E-state index is 12.3. The van der Waals surface area contributed by atoms with Crippen LogP contribution in [0.5, 0.6) is 0 Å². The molecule has 0 spiro atoms. The average Bonchev–Trinajstić information content (AvgIpc) is 3.19. The lowest BCUT2D eigenvalue weighted by molar-refractivity contribution is -0.142. The van der Waals surface area contributed by atoms with Crippen molar-refractivity contribution in [2.45, 2.75) is 122 Å². The second kappa shape index (κ2) is 40.4. The molecule has 0 aliphatic rings. The van der Waals surface area contributed by atoms with Crippen molar-refractivity contribution < 1.29 is 62.7 Å². The first-order chi connectivity index (χ1) is 28.0. The number of aliphatic carboxylic acids is 2. The molecule has 336 valence electrons. The van der Waals surface area contributed by atoms with Gasteiger partial charge in [-0.2, -0.15) is 0 Å². The fourth-order valence-corrected chi connectivity index (χ4v) is 5.62. The second-order valence-corrected chi connectivity index (χ2v) is 14.3. The number of ether oxygens (including phenoxy) is 4. The largest absolute Gasteiger partial charge is 0.481 e. The van der Waals surface area contributed by atoms with Gasteiger partial charge in [-0.25, -0.2) is 4.79 Å². The lowest BCUT2D eigenvalue weighted by Crippen LogP contribution is -2.41. The summed E-state index contributed by atoms with van der Waals surface area (Å²) in [5.41, 5.74) is 0. The second-order valence-electron chi connectivity index (χ2n) is 13.7. The highest BCUT2D eigenvalue weighted by atomic mass is 79.9. The molecule has 0 aromatic carbocycles. The van der Waals surface area contributed by atoms with Gasteiger partial charge in [-0.15, -0.1) is 0 Å². The Morgan fingerprint density at radius 1 is 0.431 bits per heavy atom. The number of carboxylic acids is 2. The number of hydrogen-bond acceptors (Lipinski definition) is 11. The van der Waals surface area contributed by atoms with Crippen LogP contribution in [-0.4, -0.2) is 142 Å². The maximum Gasteiger partial charge on any atom is 0.326 e. The summed E-state index contributed by atoms with van der Waals surface area (Å²) in [6, 6.07) is -1.14. The third kappa shape index (κ3) is 39.4. The van der Waals surface area contributed by atoms with Crippen molar-refractivity contribution in [2.75, 3.05) is 84.4 Å². The minimum absolute atomic E-state index is 0.0278. The van der Waals surface area contributed by atoms with E-state index in [9.17, 15) is 38.7 Å². The summed E-state index contributed by atoms with van der Waals surface area (Å²) in [6.07, 6.45) is 15.5. The third-order valence-corrected chi connectivity index (χ3v) is 9.09. The van der Waals surface area contributed by atoms with Crippen molar-refractivity contribution in [2.24, 2.45) is 0 Å². The summed E-state index contributed by atoms with van der Waals surface area (Å²) in [4.78, 5) is 81.2. The molecule has 0 aliphatic carbocycles. The Morgan fingerprint density at radius 3 is 1.28 bits per heavy atom. The Hall–Kier alpha value is -3.39. The van der Waals surface area contributed by atoms with Crippen molar-refractivity contribution in [1.29, 1.82) is 0 Å². The zero-order valence-electron chi connectivity index (χ0n) is 34.3. The van der Waals surface area contributed by atoms with Gasteiger partial charge in [0.15, 0.2) is 0 Å². The molecule has 0 bridgehead atoms. The highest BCUT2D eigenvalue weighted by molar-refractivity contribution is 9.09. The molecule has 0 aromatic rings. The van der Waals surface area contributed by atoms with Crippen LogP contribution in [0, 0.1) is 0 Å². The summed E-state index contributed by atoms with van der Waals surface area (Å²) < 4.78 is 21.2. The molecule has 0 saturated heterocycles. The summed E-state index contributed by atoms with van der Waals surface area (Å²) in [7, 11) is 0. The predicted octanol–water partition coefficient (Wildman–Crippen LogP) is 2.59. The molecule has 0 aromatic heterocycles. The minimum Gasteiger partial charge on any atom is -0.481 e. The molecule has 18 nitrogen and oxygen atoms in total. The van der Waals surface area contributed by atoms with E-state index < -0.39 is 18.0 Å². The summed E-state index contributed by atoms with van der Waals surface area (Å²) in [5, 5.41) is 31.4. The van der Waals surface area contributed by atoms with E-state index in [-0.39, 0.29) is 126 Å². The summed E-state index contributed by atoms with van der Waals surface area (Å²) >= 11 is 3.03. The van der Waals surface area contributed by atoms with Crippen molar-refractivity contribution in [3.63, 3.8) is 0 Å². The fourth-order valence-electron chi connectivity index (χ4n) is 5.42. The van der Waals surface area contributed by atoms with Crippen LogP contribution in [0.15, 0.2) is 0 Å². The molecular weight excluding hydrogens is 826 g/mol. The van der Waals surface area contributed by atoms with Gasteiger partial charge in [-0.3, -0.25) is 28.8 Å². The minimum atomic E-state index is -1.18. The van der Waals surface area contributed by atoms with Gasteiger partial charge < -0.3 is 55.7 Å². The summed E-state index contributed by atoms with van der Waals surface area (Å²) in [5.74, 6) is -3.39. The van der Waals surface area contributed by atoms with Gasteiger partial charge >= 0.3 is 11.9 Å². The number of carbonyl (C=O) groups excluding carboxylic acids is 5. The van der Waals surface area contributed by atoms with Gasteiger partial charge in [0.05, 0.1) is 45.0 Å². The number of carboxylic acid groups (broad SMARTS) is 2. The summed E-state index contributed by atoms with van der Waals surface area (Å²) in [6.45, 7) is 2.06. The van der Waals surface area contributed by atoms with Crippen LogP contribution in [0.1, 0.15) is 116 Å². The number of nitrogens with one attached hydrogen (secondary N) is 5. The molecule has 0 aliphatic heterocycles. The van der Waals surface area contributed by atoms with Crippen molar-refractivity contribution in [1.82, 2.24) is 26.6 Å². The lowest BCUT2D eigenvalue weighted by atomic mass is 10.0. The van der Waals surface area contributed by atoms with Crippen LogP contribution in [-0.2, 0) is 52.5 Å².